The van der Waals surface area contributed by atoms with E-state index in [2.05, 4.69) is 6.92 Å². The summed E-state index contributed by atoms with van der Waals surface area (Å²) in [5.74, 6) is -0.177. The number of ether oxygens (including phenoxy) is 1. The van der Waals surface area contributed by atoms with Gasteiger partial charge in [0.1, 0.15) is 5.78 Å². The number of hydrogen-bond acceptors (Lipinski definition) is 5. The number of carbonyl (C=O) groups is 2. The Morgan fingerprint density at radius 2 is 1.93 bits per heavy atom. The second kappa shape index (κ2) is 15.4. The van der Waals surface area contributed by atoms with Crippen LogP contribution in [0.1, 0.15) is 90.9 Å². The molecule has 2 N–H and O–H groups in total. The van der Waals surface area contributed by atoms with Crippen LogP contribution < -0.4 is 0 Å². The monoisotopic (exact) mass is 408 g/mol. The molecule has 0 heterocycles. The van der Waals surface area contributed by atoms with Crippen molar-refractivity contribution in [3.05, 3.63) is 24.5 Å². The fourth-order valence-corrected chi connectivity index (χ4v) is 4.00. The lowest BCUT2D eigenvalue weighted by atomic mass is 9.85. The van der Waals surface area contributed by atoms with E-state index in [4.69, 9.17) is 4.74 Å². The molecular weight excluding hydrogens is 368 g/mol. The fourth-order valence-electron chi connectivity index (χ4n) is 4.00. The number of carbonyl (C=O) groups excluding carboxylic acids is 2. The molecule has 0 aliphatic heterocycles. The number of Topliss-reactive ketones (excluding diaryl/α,β-unsaturated/α-hetero) is 1. The first kappa shape index (κ1) is 25.6. The Kier molecular flexibility index (Phi) is 13.6. The second-order valence-electron chi connectivity index (χ2n) is 8.16. The van der Waals surface area contributed by atoms with Gasteiger partial charge in [0.2, 0.25) is 0 Å². The summed E-state index contributed by atoms with van der Waals surface area (Å²) < 4.78 is 4.92. The normalized spacial score (nSPS) is 23.3. The average molecular weight is 409 g/mol. The van der Waals surface area contributed by atoms with Crippen molar-refractivity contribution >= 4 is 11.8 Å². The molecule has 0 bridgehead atoms. The summed E-state index contributed by atoms with van der Waals surface area (Å²) in [6.07, 6.45) is 15.5. The molecule has 0 aromatic carbocycles. The van der Waals surface area contributed by atoms with Gasteiger partial charge in [-0.25, -0.2) is 0 Å². The van der Waals surface area contributed by atoms with Crippen LogP contribution in [0.2, 0.25) is 0 Å². The first-order chi connectivity index (χ1) is 14.0. The molecule has 29 heavy (non-hydrogen) atoms. The Hall–Kier alpha value is -1.46. The molecule has 1 aliphatic rings. The number of hydrogen-bond donors (Lipinski definition) is 2. The van der Waals surface area contributed by atoms with E-state index in [1.807, 2.05) is 19.1 Å². The minimum atomic E-state index is -0.563. The van der Waals surface area contributed by atoms with Crippen molar-refractivity contribution in [3.8, 4) is 0 Å². The fraction of sp³-hybridized carbons (Fsp3) is 0.750. The summed E-state index contributed by atoms with van der Waals surface area (Å²) in [5.41, 5.74) is 0. The third-order valence-corrected chi connectivity index (χ3v) is 5.67. The van der Waals surface area contributed by atoms with E-state index in [1.54, 1.807) is 6.08 Å². The molecule has 166 valence electrons. The number of ketones is 1. The molecule has 1 saturated carbocycles. The van der Waals surface area contributed by atoms with E-state index >= 15 is 0 Å². The van der Waals surface area contributed by atoms with E-state index < -0.39 is 6.10 Å². The smallest absolute Gasteiger partial charge is 0.310 e. The lowest BCUT2D eigenvalue weighted by molar-refractivity contribution is -0.138. The zero-order valence-corrected chi connectivity index (χ0v) is 18.2. The largest absolute Gasteiger partial charge is 0.434 e. The summed E-state index contributed by atoms with van der Waals surface area (Å²) >= 11 is 0. The first-order valence-corrected chi connectivity index (χ1v) is 11.4. The highest BCUT2D eigenvalue weighted by Gasteiger charge is 2.40. The van der Waals surface area contributed by atoms with Gasteiger partial charge in [0.15, 0.2) is 0 Å². The zero-order chi connectivity index (χ0) is 21.5. The number of esters is 1. The molecule has 5 nitrogen and oxygen atoms in total. The minimum absolute atomic E-state index is 0.0230. The molecule has 0 aromatic rings. The molecule has 5 heteroatoms. The van der Waals surface area contributed by atoms with E-state index in [1.165, 1.54) is 6.26 Å². The van der Waals surface area contributed by atoms with Gasteiger partial charge in [-0.3, -0.25) is 9.59 Å². The third-order valence-electron chi connectivity index (χ3n) is 5.67. The van der Waals surface area contributed by atoms with Crippen molar-refractivity contribution in [2.75, 3.05) is 0 Å². The maximum atomic E-state index is 12.3. The summed E-state index contributed by atoms with van der Waals surface area (Å²) in [6, 6.07) is 0. The third kappa shape index (κ3) is 10.8. The number of aliphatic hydroxyl groups excluding tert-OH is 2. The number of aliphatic hydroxyl groups is 2. The van der Waals surface area contributed by atoms with Gasteiger partial charge >= 0.3 is 5.97 Å². The Labute approximate surface area is 176 Å². The lowest BCUT2D eigenvalue weighted by Gasteiger charge is -2.22. The molecular formula is C24H40O5. The van der Waals surface area contributed by atoms with Crippen LogP contribution in [0.5, 0.6) is 0 Å². The van der Waals surface area contributed by atoms with E-state index in [0.29, 0.717) is 19.3 Å². The van der Waals surface area contributed by atoms with Crippen molar-refractivity contribution in [1.82, 2.24) is 0 Å². The molecule has 0 saturated heterocycles. The Balaban J connectivity index is 2.31. The molecule has 4 atom stereocenters. The van der Waals surface area contributed by atoms with Crippen LogP contribution in [0, 0.1) is 11.8 Å². The molecule has 1 fully saturated rings. The van der Waals surface area contributed by atoms with Gasteiger partial charge in [-0.15, -0.1) is 0 Å². The van der Waals surface area contributed by atoms with Crippen LogP contribution in [-0.2, 0) is 14.3 Å². The second-order valence-corrected chi connectivity index (χ2v) is 8.16. The van der Waals surface area contributed by atoms with Gasteiger partial charge in [0, 0.05) is 18.8 Å². The molecule has 0 amide bonds. The maximum Gasteiger partial charge on any atom is 0.310 e. The average Bonchev–Trinajstić information content (AvgIpc) is 2.95. The minimum Gasteiger partial charge on any atom is -0.434 e. The molecule has 1 aliphatic carbocycles. The molecule has 0 aromatic heterocycles. The highest BCUT2D eigenvalue weighted by Crippen LogP contribution is 2.36. The Bertz CT molecular complexity index is 525. The van der Waals surface area contributed by atoms with E-state index in [-0.39, 0.29) is 36.1 Å². The van der Waals surface area contributed by atoms with E-state index in [0.717, 1.165) is 51.4 Å². The van der Waals surface area contributed by atoms with E-state index in [9.17, 15) is 19.8 Å². The Morgan fingerprint density at radius 3 is 2.66 bits per heavy atom. The van der Waals surface area contributed by atoms with Gasteiger partial charge in [-0.05, 0) is 56.9 Å². The van der Waals surface area contributed by atoms with Gasteiger partial charge in [-0.1, -0.05) is 45.3 Å². The van der Waals surface area contributed by atoms with Crippen LogP contribution in [-0.4, -0.2) is 34.2 Å². The quantitative estimate of drug-likeness (QED) is 0.175. The zero-order valence-electron chi connectivity index (χ0n) is 18.2. The number of unbranched alkanes of at least 4 members (excludes halogenated alkanes) is 3. The standard InChI is InChI=1S/C24H40O5/c1-3-5-9-13-19(25)15-16-21-20(22(26)18-23(21)27)14-10-7-6-8-11-17-29-24(28)12-4-2/h6,8,11,17,19-21,23,25,27H,3-5,7,9-10,12-16,18H2,1-2H3/b8-6+,17-11+/t19-,20+,21+,23+/m0/s1. The number of allylic oxidation sites excluding steroid dienone is 3. The van der Waals surface area contributed by atoms with Crippen molar-refractivity contribution in [2.24, 2.45) is 11.8 Å². The molecule has 0 spiro atoms. The maximum absolute atomic E-state index is 12.3. The lowest BCUT2D eigenvalue weighted by Crippen LogP contribution is -2.22. The van der Waals surface area contributed by atoms with Gasteiger partial charge < -0.3 is 14.9 Å². The van der Waals surface area contributed by atoms with Crippen LogP contribution in [0.4, 0.5) is 0 Å². The van der Waals surface area contributed by atoms with Crippen LogP contribution in [0.25, 0.3) is 0 Å². The summed E-state index contributed by atoms with van der Waals surface area (Å²) in [5, 5.41) is 20.4. The van der Waals surface area contributed by atoms with Crippen molar-refractivity contribution in [1.29, 1.82) is 0 Å². The van der Waals surface area contributed by atoms with Gasteiger partial charge in [-0.2, -0.15) is 0 Å². The molecule has 0 radical (unpaired) electrons. The SMILES string of the molecule is CCCCC[C@H](O)CC[C@H]1[C@H](O)CC(=O)[C@@H]1CCC/C=C/C=C/OC(=O)CCC. The topological polar surface area (TPSA) is 83.8 Å². The first-order valence-electron chi connectivity index (χ1n) is 11.4. The highest BCUT2D eigenvalue weighted by atomic mass is 16.5. The van der Waals surface area contributed by atoms with Crippen LogP contribution >= 0.6 is 0 Å². The van der Waals surface area contributed by atoms with Crippen molar-refractivity contribution in [3.63, 3.8) is 0 Å². The molecule has 0 unspecified atom stereocenters. The Morgan fingerprint density at radius 1 is 1.14 bits per heavy atom. The highest BCUT2D eigenvalue weighted by molar-refractivity contribution is 5.84. The van der Waals surface area contributed by atoms with Crippen molar-refractivity contribution in [2.45, 2.75) is 103 Å². The van der Waals surface area contributed by atoms with Crippen LogP contribution in [0.3, 0.4) is 0 Å². The van der Waals surface area contributed by atoms with Crippen LogP contribution in [0.15, 0.2) is 24.5 Å². The summed E-state index contributed by atoms with van der Waals surface area (Å²) in [4.78, 5) is 23.5. The predicted molar refractivity (Wildman–Crippen MR) is 115 cm³/mol. The number of rotatable bonds is 15. The summed E-state index contributed by atoms with van der Waals surface area (Å²) in [6.45, 7) is 4.07. The predicted octanol–water partition coefficient (Wildman–Crippen LogP) is 4.86. The van der Waals surface area contributed by atoms with Gasteiger partial charge in [0.25, 0.3) is 0 Å². The molecule has 1 rings (SSSR count). The van der Waals surface area contributed by atoms with Gasteiger partial charge in [0.05, 0.1) is 18.5 Å². The van der Waals surface area contributed by atoms with Crippen molar-refractivity contribution < 1.29 is 24.5 Å². The summed E-state index contributed by atoms with van der Waals surface area (Å²) in [7, 11) is 0.